The maximum atomic E-state index is 13.5. The molecule has 2 heterocycles. The number of hydrogen-bond donors (Lipinski definition) is 2. The average molecular weight is 347 g/mol. The first-order valence-corrected chi connectivity index (χ1v) is 8.05. The highest BCUT2D eigenvalue weighted by Crippen LogP contribution is 2.32. The molecule has 1 amide bonds. The minimum atomic E-state index is -0.931. The van der Waals surface area contributed by atoms with E-state index < -0.39 is 17.7 Å². The molecule has 132 valence electrons. The van der Waals surface area contributed by atoms with Gasteiger partial charge in [0.1, 0.15) is 0 Å². The topological polar surface area (TPSA) is 65.5 Å². The normalized spacial score (nSPS) is 20.6. The van der Waals surface area contributed by atoms with Crippen LogP contribution in [0.1, 0.15) is 23.6 Å². The fraction of sp³-hybridized carbons (Fsp3) is 0.333. The van der Waals surface area contributed by atoms with Gasteiger partial charge in [0.15, 0.2) is 11.6 Å². The third-order valence-corrected chi connectivity index (χ3v) is 4.27. The predicted octanol–water partition coefficient (Wildman–Crippen LogP) is 1.78. The van der Waals surface area contributed by atoms with Crippen molar-refractivity contribution in [3.63, 3.8) is 0 Å². The summed E-state index contributed by atoms with van der Waals surface area (Å²) < 4.78 is 26.6. The number of benzene rings is 1. The van der Waals surface area contributed by atoms with Crippen LogP contribution in [0.15, 0.2) is 42.7 Å². The molecule has 1 aromatic heterocycles. The van der Waals surface area contributed by atoms with Gasteiger partial charge in [0.25, 0.3) is 0 Å². The van der Waals surface area contributed by atoms with Crippen LogP contribution in [0.4, 0.5) is 8.78 Å². The number of pyridine rings is 1. The summed E-state index contributed by atoms with van der Waals surface area (Å²) in [4.78, 5) is 17.9. The highest BCUT2D eigenvalue weighted by Gasteiger charge is 2.33. The number of nitrogens with zero attached hydrogens (tertiary/aromatic N) is 2. The van der Waals surface area contributed by atoms with Gasteiger partial charge in [0.05, 0.1) is 12.6 Å². The second-order valence-corrected chi connectivity index (χ2v) is 6.15. The zero-order valence-electron chi connectivity index (χ0n) is 13.5. The van der Waals surface area contributed by atoms with E-state index in [1.165, 1.54) is 6.07 Å². The average Bonchev–Trinajstić information content (AvgIpc) is 2.96. The Hall–Kier alpha value is -2.38. The molecule has 2 N–H and O–H groups in total. The Morgan fingerprint density at radius 1 is 1.32 bits per heavy atom. The molecule has 0 bridgehead atoms. The first kappa shape index (κ1) is 17.4. The lowest BCUT2D eigenvalue weighted by molar-refractivity contribution is -0.122. The van der Waals surface area contributed by atoms with Gasteiger partial charge in [-0.05, 0) is 35.7 Å². The summed E-state index contributed by atoms with van der Waals surface area (Å²) in [5.74, 6) is -2.05. The molecule has 2 atom stereocenters. The van der Waals surface area contributed by atoms with Crippen molar-refractivity contribution in [1.29, 1.82) is 0 Å². The van der Waals surface area contributed by atoms with E-state index in [0.29, 0.717) is 25.1 Å². The van der Waals surface area contributed by atoms with Crippen LogP contribution in [0.3, 0.4) is 0 Å². The van der Waals surface area contributed by atoms with E-state index in [9.17, 15) is 18.7 Å². The Kier molecular flexibility index (Phi) is 5.35. The van der Waals surface area contributed by atoms with Crippen molar-refractivity contribution in [3.05, 3.63) is 65.5 Å². The highest BCUT2D eigenvalue weighted by molar-refractivity contribution is 5.78. The van der Waals surface area contributed by atoms with E-state index in [-0.39, 0.29) is 18.5 Å². The zero-order chi connectivity index (χ0) is 17.8. The first-order chi connectivity index (χ1) is 12.0. The SMILES string of the molecule is O=C(CN1CC(O)CC1c1ccc(F)c(F)c1)NCc1cccnc1. The van der Waals surface area contributed by atoms with Gasteiger partial charge in [0.2, 0.25) is 5.91 Å². The molecule has 0 aliphatic carbocycles. The predicted molar refractivity (Wildman–Crippen MR) is 87.4 cm³/mol. The van der Waals surface area contributed by atoms with E-state index in [1.807, 2.05) is 6.07 Å². The van der Waals surface area contributed by atoms with Gasteiger partial charge in [-0.1, -0.05) is 12.1 Å². The van der Waals surface area contributed by atoms with Gasteiger partial charge in [-0.15, -0.1) is 0 Å². The molecule has 1 saturated heterocycles. The molecular formula is C18H19F2N3O2. The number of amides is 1. The van der Waals surface area contributed by atoms with Crippen LogP contribution < -0.4 is 5.32 Å². The number of β-amino-alcohol motifs (C(OH)–C–C–N with tert-alkyl or cyclic N) is 1. The lowest BCUT2D eigenvalue weighted by Gasteiger charge is -2.24. The number of aliphatic hydroxyl groups excluding tert-OH is 1. The molecule has 0 spiro atoms. The summed E-state index contributed by atoms with van der Waals surface area (Å²) in [7, 11) is 0. The molecule has 1 aromatic carbocycles. The van der Waals surface area contributed by atoms with Gasteiger partial charge in [-0.3, -0.25) is 14.7 Å². The van der Waals surface area contributed by atoms with Gasteiger partial charge in [-0.25, -0.2) is 8.78 Å². The van der Waals surface area contributed by atoms with Crippen molar-refractivity contribution >= 4 is 5.91 Å². The summed E-state index contributed by atoms with van der Waals surface area (Å²) in [5, 5.41) is 12.7. The number of likely N-dealkylation sites (tertiary alicyclic amines) is 1. The quantitative estimate of drug-likeness (QED) is 0.865. The number of hydrogen-bond acceptors (Lipinski definition) is 4. The molecule has 2 aromatic rings. The molecule has 1 aliphatic heterocycles. The Labute approximate surface area is 144 Å². The van der Waals surface area contributed by atoms with Crippen molar-refractivity contribution in [1.82, 2.24) is 15.2 Å². The highest BCUT2D eigenvalue weighted by atomic mass is 19.2. The van der Waals surface area contributed by atoms with Gasteiger partial charge < -0.3 is 10.4 Å². The molecule has 7 heteroatoms. The van der Waals surface area contributed by atoms with Crippen LogP contribution in [-0.4, -0.2) is 40.1 Å². The Bertz CT molecular complexity index is 742. The molecule has 0 saturated carbocycles. The van der Waals surface area contributed by atoms with Crippen LogP contribution in [0.25, 0.3) is 0 Å². The lowest BCUT2D eigenvalue weighted by atomic mass is 10.0. The smallest absolute Gasteiger partial charge is 0.234 e. The van der Waals surface area contributed by atoms with Crippen molar-refractivity contribution in [3.8, 4) is 0 Å². The molecule has 1 fully saturated rings. The fourth-order valence-corrected chi connectivity index (χ4v) is 3.06. The summed E-state index contributed by atoms with van der Waals surface area (Å²) in [5.41, 5.74) is 1.44. The molecule has 25 heavy (non-hydrogen) atoms. The summed E-state index contributed by atoms with van der Waals surface area (Å²) in [6.07, 6.45) is 3.10. The maximum absolute atomic E-state index is 13.5. The number of rotatable bonds is 5. The Morgan fingerprint density at radius 2 is 2.16 bits per heavy atom. The van der Waals surface area contributed by atoms with Gasteiger partial charge >= 0.3 is 0 Å². The maximum Gasteiger partial charge on any atom is 0.234 e. The van der Waals surface area contributed by atoms with Crippen LogP contribution >= 0.6 is 0 Å². The number of halogens is 2. The lowest BCUT2D eigenvalue weighted by Crippen LogP contribution is -2.37. The fourth-order valence-electron chi connectivity index (χ4n) is 3.06. The number of carbonyl (C=O) groups excluding carboxylic acids is 1. The van der Waals surface area contributed by atoms with Gasteiger partial charge in [0, 0.05) is 31.5 Å². The number of carbonyl (C=O) groups is 1. The van der Waals surface area contributed by atoms with Crippen LogP contribution in [-0.2, 0) is 11.3 Å². The largest absolute Gasteiger partial charge is 0.392 e. The second-order valence-electron chi connectivity index (χ2n) is 6.15. The molecule has 0 radical (unpaired) electrons. The number of aliphatic hydroxyl groups is 1. The van der Waals surface area contributed by atoms with E-state index >= 15 is 0 Å². The molecule has 1 aliphatic rings. The number of aromatic nitrogens is 1. The summed E-state index contributed by atoms with van der Waals surface area (Å²) in [6, 6.07) is 7.00. The van der Waals surface area contributed by atoms with Crippen LogP contribution in [0.2, 0.25) is 0 Å². The van der Waals surface area contributed by atoms with E-state index in [1.54, 1.807) is 23.4 Å². The Morgan fingerprint density at radius 3 is 2.88 bits per heavy atom. The molecular weight excluding hydrogens is 328 g/mol. The van der Waals surface area contributed by atoms with Crippen LogP contribution in [0, 0.1) is 11.6 Å². The molecule has 2 unspecified atom stereocenters. The van der Waals surface area contributed by atoms with Crippen molar-refractivity contribution in [2.75, 3.05) is 13.1 Å². The van der Waals surface area contributed by atoms with Crippen molar-refractivity contribution in [2.24, 2.45) is 0 Å². The number of nitrogens with one attached hydrogen (secondary N) is 1. The van der Waals surface area contributed by atoms with Gasteiger partial charge in [-0.2, -0.15) is 0 Å². The third kappa shape index (κ3) is 4.37. The summed E-state index contributed by atoms with van der Waals surface area (Å²) >= 11 is 0. The minimum Gasteiger partial charge on any atom is -0.392 e. The third-order valence-electron chi connectivity index (χ3n) is 4.27. The minimum absolute atomic E-state index is 0.0704. The summed E-state index contributed by atoms with van der Waals surface area (Å²) in [6.45, 7) is 0.740. The van der Waals surface area contributed by atoms with Crippen LogP contribution in [0.5, 0.6) is 0 Å². The molecule has 5 nitrogen and oxygen atoms in total. The van der Waals surface area contributed by atoms with E-state index in [2.05, 4.69) is 10.3 Å². The molecule has 3 rings (SSSR count). The Balaban J connectivity index is 1.63. The van der Waals surface area contributed by atoms with Crippen molar-refractivity contribution < 1.29 is 18.7 Å². The first-order valence-electron chi connectivity index (χ1n) is 8.05. The monoisotopic (exact) mass is 347 g/mol. The zero-order valence-corrected chi connectivity index (χ0v) is 13.5. The second kappa shape index (κ2) is 7.67. The standard InChI is InChI=1S/C18H19F2N3O2/c19-15-4-3-13(6-16(15)20)17-7-14(24)10-23(17)11-18(25)22-9-12-2-1-5-21-8-12/h1-6,8,14,17,24H,7,9-11H2,(H,22,25). The van der Waals surface area contributed by atoms with E-state index in [0.717, 1.165) is 17.7 Å². The van der Waals surface area contributed by atoms with Crippen molar-refractivity contribution in [2.45, 2.75) is 25.1 Å². The van der Waals surface area contributed by atoms with E-state index in [4.69, 9.17) is 0 Å².